The average molecular weight is 408 g/mol. The fourth-order valence-electron chi connectivity index (χ4n) is 2.50. The van der Waals surface area contributed by atoms with Crippen LogP contribution in [-0.2, 0) is 5.75 Å². The summed E-state index contributed by atoms with van der Waals surface area (Å²) < 4.78 is 13.0. The topological polar surface area (TPSA) is 118 Å². The largest absolute Gasteiger partial charge is 0.368 e. The third kappa shape index (κ3) is 4.85. The predicted molar refractivity (Wildman–Crippen MR) is 110 cm³/mol. The minimum absolute atomic E-state index is 0.0931. The molecule has 0 amide bonds. The molecule has 2 aromatic heterocycles. The Morgan fingerprint density at radius 2 is 1.76 bits per heavy atom. The molecule has 10 heteroatoms. The molecule has 146 valence electrons. The first kappa shape index (κ1) is 18.8. The summed E-state index contributed by atoms with van der Waals surface area (Å²) in [5.74, 6) is 1.65. The zero-order valence-corrected chi connectivity index (χ0v) is 16.2. The van der Waals surface area contributed by atoms with Crippen molar-refractivity contribution in [1.29, 1.82) is 0 Å². The molecule has 0 spiro atoms. The van der Waals surface area contributed by atoms with Gasteiger partial charge in [-0.25, -0.2) is 9.37 Å². The fraction of sp³-hybridized carbons (Fsp3) is 0.105. The SMILES string of the molecule is Cc1ccc(-c2nc(SCc3nc(N)nc(Nc4ccc(F)cc4)n3)n[nH]2)cc1. The molecule has 0 atom stereocenters. The third-order valence-electron chi connectivity index (χ3n) is 3.92. The fourth-order valence-corrected chi connectivity index (χ4v) is 3.15. The smallest absolute Gasteiger partial charge is 0.232 e. The van der Waals surface area contributed by atoms with Crippen LogP contribution in [0.3, 0.4) is 0 Å². The number of H-pyrrole nitrogens is 1. The van der Waals surface area contributed by atoms with Crippen molar-refractivity contribution in [2.24, 2.45) is 0 Å². The molecule has 4 rings (SSSR count). The first-order valence-corrected chi connectivity index (χ1v) is 9.69. The van der Waals surface area contributed by atoms with Gasteiger partial charge in [0.15, 0.2) is 5.82 Å². The van der Waals surface area contributed by atoms with Crippen molar-refractivity contribution in [3.05, 3.63) is 65.7 Å². The molecule has 8 nitrogen and oxygen atoms in total. The zero-order chi connectivity index (χ0) is 20.2. The second-order valence-corrected chi connectivity index (χ2v) is 7.13. The Hall–Kier alpha value is -3.53. The molecule has 0 saturated heterocycles. The number of hydrogen-bond acceptors (Lipinski definition) is 8. The number of aryl methyl sites for hydroxylation is 1. The summed E-state index contributed by atoms with van der Waals surface area (Å²) in [5, 5.41) is 10.7. The second kappa shape index (κ2) is 8.23. The van der Waals surface area contributed by atoms with E-state index in [1.165, 1.54) is 29.5 Å². The Labute approximate surface area is 170 Å². The van der Waals surface area contributed by atoms with Gasteiger partial charge in [-0.05, 0) is 31.2 Å². The van der Waals surface area contributed by atoms with Crippen LogP contribution in [0.5, 0.6) is 0 Å². The van der Waals surface area contributed by atoms with E-state index < -0.39 is 0 Å². The lowest BCUT2D eigenvalue weighted by Crippen LogP contribution is -2.06. The van der Waals surface area contributed by atoms with Gasteiger partial charge >= 0.3 is 0 Å². The minimum atomic E-state index is -0.320. The van der Waals surface area contributed by atoms with E-state index in [-0.39, 0.29) is 17.7 Å². The highest BCUT2D eigenvalue weighted by Crippen LogP contribution is 2.22. The molecule has 0 saturated carbocycles. The normalized spacial score (nSPS) is 10.8. The molecule has 4 N–H and O–H groups in total. The predicted octanol–water partition coefficient (Wildman–Crippen LogP) is 3.72. The lowest BCUT2D eigenvalue weighted by Gasteiger charge is -2.06. The molecule has 0 aliphatic rings. The van der Waals surface area contributed by atoms with Gasteiger partial charge in [0.05, 0.1) is 5.75 Å². The molecular weight excluding hydrogens is 391 g/mol. The molecule has 2 heterocycles. The van der Waals surface area contributed by atoms with Gasteiger partial charge in [0.1, 0.15) is 11.6 Å². The number of nitrogen functional groups attached to an aromatic ring is 1. The first-order valence-electron chi connectivity index (χ1n) is 8.70. The van der Waals surface area contributed by atoms with Gasteiger partial charge in [0.2, 0.25) is 17.1 Å². The summed E-state index contributed by atoms with van der Waals surface area (Å²) in [5.41, 5.74) is 8.58. The number of rotatable bonds is 6. The number of anilines is 3. The molecule has 0 aliphatic heterocycles. The van der Waals surface area contributed by atoms with Crippen LogP contribution in [-0.4, -0.2) is 30.1 Å². The quantitative estimate of drug-likeness (QED) is 0.413. The Kier molecular flexibility index (Phi) is 5.34. The monoisotopic (exact) mass is 408 g/mol. The molecular formula is C19H17FN8S. The van der Waals surface area contributed by atoms with Crippen LogP contribution in [0.4, 0.5) is 22.0 Å². The molecule has 2 aromatic carbocycles. The van der Waals surface area contributed by atoms with Crippen molar-refractivity contribution in [3.63, 3.8) is 0 Å². The number of halogens is 1. The molecule has 0 bridgehead atoms. The lowest BCUT2D eigenvalue weighted by molar-refractivity contribution is 0.628. The summed E-state index contributed by atoms with van der Waals surface area (Å²) >= 11 is 1.38. The summed E-state index contributed by atoms with van der Waals surface area (Å²) in [6, 6.07) is 13.9. The molecule has 0 aliphatic carbocycles. The Bertz CT molecular complexity index is 1110. The zero-order valence-electron chi connectivity index (χ0n) is 15.4. The van der Waals surface area contributed by atoms with Crippen molar-refractivity contribution in [1.82, 2.24) is 30.1 Å². The van der Waals surface area contributed by atoms with Gasteiger partial charge in [-0.3, -0.25) is 5.10 Å². The van der Waals surface area contributed by atoms with Crippen LogP contribution in [0, 0.1) is 12.7 Å². The van der Waals surface area contributed by atoms with E-state index in [2.05, 4.69) is 35.5 Å². The summed E-state index contributed by atoms with van der Waals surface area (Å²) in [6.07, 6.45) is 0. The van der Waals surface area contributed by atoms with E-state index >= 15 is 0 Å². The Morgan fingerprint density at radius 3 is 2.52 bits per heavy atom. The summed E-state index contributed by atoms with van der Waals surface area (Å²) in [4.78, 5) is 17.0. The molecule has 0 fully saturated rings. The van der Waals surface area contributed by atoms with E-state index in [4.69, 9.17) is 5.73 Å². The van der Waals surface area contributed by atoms with Crippen molar-refractivity contribution >= 4 is 29.3 Å². The highest BCUT2D eigenvalue weighted by molar-refractivity contribution is 7.98. The second-order valence-electron chi connectivity index (χ2n) is 6.19. The van der Waals surface area contributed by atoms with Gasteiger partial charge in [0, 0.05) is 11.3 Å². The van der Waals surface area contributed by atoms with Crippen LogP contribution in [0.15, 0.2) is 53.7 Å². The summed E-state index contributed by atoms with van der Waals surface area (Å²) in [6.45, 7) is 2.03. The number of nitrogens with one attached hydrogen (secondary N) is 2. The van der Waals surface area contributed by atoms with Gasteiger partial charge in [-0.15, -0.1) is 5.10 Å². The van der Waals surface area contributed by atoms with E-state index in [1.54, 1.807) is 12.1 Å². The van der Waals surface area contributed by atoms with E-state index in [1.807, 2.05) is 31.2 Å². The maximum Gasteiger partial charge on any atom is 0.232 e. The molecule has 4 aromatic rings. The maximum atomic E-state index is 13.0. The number of nitrogens with zero attached hydrogens (tertiary/aromatic N) is 5. The third-order valence-corrected chi connectivity index (χ3v) is 4.76. The Balaban J connectivity index is 1.44. The molecule has 0 unspecified atom stereocenters. The standard InChI is InChI=1S/C19H17FN8S/c1-11-2-4-12(5-3-11)16-25-19(28-27-16)29-10-15-23-17(21)26-18(24-15)22-14-8-6-13(20)7-9-14/h2-9H,10H2,1H3,(H,25,27,28)(H3,21,22,23,24,26). The van der Waals surface area contributed by atoms with Crippen LogP contribution in [0.1, 0.15) is 11.4 Å². The highest BCUT2D eigenvalue weighted by Gasteiger charge is 2.10. The van der Waals surface area contributed by atoms with Crippen LogP contribution in [0.2, 0.25) is 0 Å². The number of aromatic amines is 1. The van der Waals surface area contributed by atoms with Gasteiger partial charge < -0.3 is 11.1 Å². The minimum Gasteiger partial charge on any atom is -0.368 e. The van der Waals surface area contributed by atoms with E-state index in [0.29, 0.717) is 28.2 Å². The first-order chi connectivity index (χ1) is 14.0. The van der Waals surface area contributed by atoms with Crippen LogP contribution < -0.4 is 11.1 Å². The molecule has 29 heavy (non-hydrogen) atoms. The summed E-state index contributed by atoms with van der Waals surface area (Å²) in [7, 11) is 0. The van der Waals surface area contributed by atoms with Crippen molar-refractivity contribution in [2.75, 3.05) is 11.1 Å². The highest BCUT2D eigenvalue weighted by atomic mass is 32.2. The van der Waals surface area contributed by atoms with Gasteiger partial charge in [-0.2, -0.15) is 15.0 Å². The number of hydrogen-bond donors (Lipinski definition) is 3. The number of nitrogens with two attached hydrogens (primary N) is 1. The lowest BCUT2D eigenvalue weighted by atomic mass is 10.1. The van der Waals surface area contributed by atoms with E-state index in [9.17, 15) is 4.39 Å². The van der Waals surface area contributed by atoms with E-state index in [0.717, 1.165) is 5.56 Å². The Morgan fingerprint density at radius 1 is 1.00 bits per heavy atom. The van der Waals surface area contributed by atoms with Gasteiger partial charge in [0.25, 0.3) is 0 Å². The average Bonchev–Trinajstić information content (AvgIpc) is 3.17. The van der Waals surface area contributed by atoms with Gasteiger partial charge in [-0.1, -0.05) is 41.6 Å². The molecule has 0 radical (unpaired) electrons. The van der Waals surface area contributed by atoms with Crippen molar-refractivity contribution in [3.8, 4) is 11.4 Å². The van der Waals surface area contributed by atoms with Crippen LogP contribution in [0.25, 0.3) is 11.4 Å². The number of benzene rings is 2. The maximum absolute atomic E-state index is 13.0. The van der Waals surface area contributed by atoms with Crippen molar-refractivity contribution in [2.45, 2.75) is 17.8 Å². The number of aromatic nitrogens is 6. The van der Waals surface area contributed by atoms with Crippen molar-refractivity contribution < 1.29 is 4.39 Å². The van der Waals surface area contributed by atoms with Crippen LogP contribution >= 0.6 is 11.8 Å². The number of thioether (sulfide) groups is 1.